The lowest BCUT2D eigenvalue weighted by molar-refractivity contribution is -0.118. The van der Waals surface area contributed by atoms with E-state index in [-0.39, 0.29) is 30.3 Å². The highest BCUT2D eigenvalue weighted by Gasteiger charge is 2.22. The van der Waals surface area contributed by atoms with Crippen LogP contribution >= 0.6 is 11.3 Å². The predicted octanol–water partition coefficient (Wildman–Crippen LogP) is 5.18. The van der Waals surface area contributed by atoms with Crippen molar-refractivity contribution in [3.05, 3.63) is 89.7 Å². The molecule has 1 amide bonds. The molecule has 4 aromatic rings. The van der Waals surface area contributed by atoms with E-state index in [4.69, 9.17) is 4.98 Å². The third-order valence-electron chi connectivity index (χ3n) is 5.54. The topological polar surface area (TPSA) is 80.2 Å². The number of pyridine rings is 1. The number of anilines is 1. The molecular formula is C26H27N3O3S2. The van der Waals surface area contributed by atoms with Gasteiger partial charge in [-0.2, -0.15) is 0 Å². The Morgan fingerprint density at radius 3 is 2.53 bits per heavy atom. The zero-order valence-corrected chi connectivity index (χ0v) is 20.7. The molecule has 0 fully saturated rings. The van der Waals surface area contributed by atoms with Crippen LogP contribution < -0.4 is 4.90 Å². The second-order valence-electron chi connectivity index (χ2n) is 8.14. The Hall–Kier alpha value is -3.10. The Morgan fingerprint density at radius 1 is 1.00 bits per heavy atom. The van der Waals surface area contributed by atoms with Gasteiger partial charge in [-0.15, -0.1) is 0 Å². The highest BCUT2D eigenvalue weighted by atomic mass is 32.2. The fourth-order valence-electron chi connectivity index (χ4n) is 3.81. The third kappa shape index (κ3) is 6.07. The molecule has 0 aliphatic rings. The molecule has 176 valence electrons. The van der Waals surface area contributed by atoms with E-state index in [0.29, 0.717) is 11.7 Å². The van der Waals surface area contributed by atoms with Crippen LogP contribution in [-0.2, 0) is 33.4 Å². The summed E-state index contributed by atoms with van der Waals surface area (Å²) in [4.78, 5) is 23.9. The summed E-state index contributed by atoms with van der Waals surface area (Å²) in [5.74, 6) is -0.191. The number of carbonyl (C=O) groups excluding carboxylic acids is 1. The molecule has 0 saturated heterocycles. The molecule has 8 heteroatoms. The number of carbonyl (C=O) groups is 1. The Labute approximate surface area is 204 Å². The fourth-order valence-corrected chi connectivity index (χ4v) is 6.27. The van der Waals surface area contributed by atoms with E-state index in [2.05, 4.69) is 18.0 Å². The van der Waals surface area contributed by atoms with E-state index < -0.39 is 9.84 Å². The maximum absolute atomic E-state index is 13.3. The molecule has 0 aliphatic heterocycles. The number of para-hydroxylation sites is 1. The molecule has 2 aromatic heterocycles. The number of rotatable bonds is 10. The van der Waals surface area contributed by atoms with Crippen LogP contribution in [0.15, 0.2) is 73.1 Å². The normalized spacial score (nSPS) is 11.6. The minimum absolute atomic E-state index is 0.0148. The molecule has 4 rings (SSSR count). The van der Waals surface area contributed by atoms with Gasteiger partial charge in [0.2, 0.25) is 5.91 Å². The van der Waals surface area contributed by atoms with Crippen LogP contribution in [0.3, 0.4) is 0 Å². The lowest BCUT2D eigenvalue weighted by atomic mass is 10.1. The Kier molecular flexibility index (Phi) is 7.70. The van der Waals surface area contributed by atoms with Crippen molar-refractivity contribution in [3.8, 4) is 0 Å². The number of nitrogens with zero attached hydrogens (tertiary/aromatic N) is 3. The van der Waals surface area contributed by atoms with Gasteiger partial charge in [-0.05, 0) is 41.7 Å². The quantitative estimate of drug-likeness (QED) is 0.304. The van der Waals surface area contributed by atoms with Gasteiger partial charge in [0, 0.05) is 18.8 Å². The summed E-state index contributed by atoms with van der Waals surface area (Å²) >= 11 is 1.48. The van der Waals surface area contributed by atoms with E-state index >= 15 is 0 Å². The molecular weight excluding hydrogens is 466 g/mol. The molecule has 0 aliphatic carbocycles. The van der Waals surface area contributed by atoms with Gasteiger partial charge in [-0.3, -0.25) is 14.7 Å². The van der Waals surface area contributed by atoms with Crippen molar-refractivity contribution in [1.82, 2.24) is 9.97 Å². The number of amides is 1. The summed E-state index contributed by atoms with van der Waals surface area (Å²) in [5, 5.41) is 0.622. The lowest BCUT2D eigenvalue weighted by Gasteiger charge is -2.20. The first-order valence-electron chi connectivity index (χ1n) is 11.3. The first kappa shape index (κ1) is 24.0. The Bertz CT molecular complexity index is 1350. The van der Waals surface area contributed by atoms with Crippen LogP contribution in [0, 0.1) is 0 Å². The van der Waals surface area contributed by atoms with Crippen molar-refractivity contribution >= 4 is 42.4 Å². The van der Waals surface area contributed by atoms with E-state index in [0.717, 1.165) is 33.3 Å². The number of benzene rings is 2. The largest absolute Gasteiger partial charge is 0.284 e. The molecule has 2 aromatic carbocycles. The van der Waals surface area contributed by atoms with Gasteiger partial charge in [0.1, 0.15) is 0 Å². The molecule has 0 saturated carbocycles. The fraction of sp³-hybridized carbons (Fsp3) is 0.269. The number of hydrogen-bond acceptors (Lipinski definition) is 6. The monoisotopic (exact) mass is 493 g/mol. The van der Waals surface area contributed by atoms with E-state index in [1.807, 2.05) is 42.5 Å². The zero-order chi connectivity index (χ0) is 24.0. The standard InChI is InChI=1S/C26H27N3O3S2/c1-2-22-12-6-13-23-25(22)28-26(33-23)29(18-21-11-7-15-27-17-21)24(30)14-8-16-34(31,32)19-20-9-4-3-5-10-20/h3-7,9-13,15,17H,2,8,14,16,18-19H2,1H3. The summed E-state index contributed by atoms with van der Waals surface area (Å²) in [5.41, 5.74) is 3.70. The SMILES string of the molecule is CCc1cccc2sc(N(Cc3cccnc3)C(=O)CCCS(=O)(=O)Cc3ccccc3)nc12. The molecule has 0 radical (unpaired) electrons. The number of thiazole rings is 1. The summed E-state index contributed by atoms with van der Waals surface area (Å²) in [6.07, 6.45) is 4.68. The number of aryl methyl sites for hydroxylation is 1. The third-order valence-corrected chi connectivity index (χ3v) is 8.27. The van der Waals surface area contributed by atoms with Crippen LogP contribution in [0.25, 0.3) is 10.2 Å². The van der Waals surface area contributed by atoms with Crippen molar-refractivity contribution in [2.75, 3.05) is 10.7 Å². The van der Waals surface area contributed by atoms with Gasteiger partial charge in [0.05, 0.1) is 28.3 Å². The van der Waals surface area contributed by atoms with Crippen molar-refractivity contribution in [2.24, 2.45) is 0 Å². The predicted molar refractivity (Wildman–Crippen MR) is 138 cm³/mol. The summed E-state index contributed by atoms with van der Waals surface area (Å²) < 4.78 is 26.1. The van der Waals surface area contributed by atoms with Crippen molar-refractivity contribution in [2.45, 2.75) is 38.5 Å². The number of aromatic nitrogens is 2. The number of sulfone groups is 1. The van der Waals surface area contributed by atoms with Gasteiger partial charge < -0.3 is 0 Å². The lowest BCUT2D eigenvalue weighted by Crippen LogP contribution is -2.30. The molecule has 0 bridgehead atoms. The van der Waals surface area contributed by atoms with E-state index in [1.165, 1.54) is 11.3 Å². The highest BCUT2D eigenvalue weighted by Crippen LogP contribution is 2.32. The molecule has 0 spiro atoms. The van der Waals surface area contributed by atoms with Crippen LogP contribution in [-0.4, -0.2) is 30.0 Å². The zero-order valence-electron chi connectivity index (χ0n) is 19.1. The van der Waals surface area contributed by atoms with Gasteiger partial charge >= 0.3 is 0 Å². The van der Waals surface area contributed by atoms with Gasteiger partial charge in [-0.1, -0.05) is 66.8 Å². The molecule has 34 heavy (non-hydrogen) atoms. The summed E-state index contributed by atoms with van der Waals surface area (Å²) in [7, 11) is -3.30. The van der Waals surface area contributed by atoms with Crippen LogP contribution in [0.2, 0.25) is 0 Å². The molecule has 6 nitrogen and oxygen atoms in total. The van der Waals surface area contributed by atoms with E-state index in [1.54, 1.807) is 29.4 Å². The van der Waals surface area contributed by atoms with Gasteiger partial charge in [0.25, 0.3) is 0 Å². The first-order chi connectivity index (χ1) is 16.4. The maximum atomic E-state index is 13.3. The summed E-state index contributed by atoms with van der Waals surface area (Å²) in [6, 6.07) is 18.9. The molecule has 2 heterocycles. The summed E-state index contributed by atoms with van der Waals surface area (Å²) in [6.45, 7) is 2.42. The van der Waals surface area contributed by atoms with Crippen molar-refractivity contribution in [3.63, 3.8) is 0 Å². The van der Waals surface area contributed by atoms with Crippen LogP contribution in [0.5, 0.6) is 0 Å². The number of fused-ring (bicyclic) bond motifs is 1. The minimum atomic E-state index is -3.30. The Balaban J connectivity index is 1.50. The average Bonchev–Trinajstić information content (AvgIpc) is 3.27. The molecule has 0 unspecified atom stereocenters. The molecule has 0 atom stereocenters. The van der Waals surface area contributed by atoms with E-state index in [9.17, 15) is 13.2 Å². The van der Waals surface area contributed by atoms with Crippen molar-refractivity contribution < 1.29 is 13.2 Å². The minimum Gasteiger partial charge on any atom is -0.284 e. The van der Waals surface area contributed by atoms with Crippen LogP contribution in [0.1, 0.15) is 36.5 Å². The highest BCUT2D eigenvalue weighted by molar-refractivity contribution is 7.90. The Morgan fingerprint density at radius 2 is 1.79 bits per heavy atom. The first-order valence-corrected chi connectivity index (χ1v) is 13.9. The van der Waals surface area contributed by atoms with Gasteiger partial charge in [0.15, 0.2) is 15.0 Å². The number of hydrogen-bond donors (Lipinski definition) is 0. The van der Waals surface area contributed by atoms with Crippen molar-refractivity contribution in [1.29, 1.82) is 0 Å². The second kappa shape index (κ2) is 10.9. The van der Waals surface area contributed by atoms with Gasteiger partial charge in [-0.25, -0.2) is 13.4 Å². The van der Waals surface area contributed by atoms with Crippen LogP contribution in [0.4, 0.5) is 5.13 Å². The average molecular weight is 494 g/mol. The maximum Gasteiger partial charge on any atom is 0.229 e. The second-order valence-corrected chi connectivity index (χ2v) is 11.3. The smallest absolute Gasteiger partial charge is 0.229 e. The molecule has 0 N–H and O–H groups in total.